The van der Waals surface area contributed by atoms with Crippen molar-refractivity contribution < 1.29 is 19.0 Å². The molecule has 0 spiro atoms. The molecular weight excluding hydrogens is 386 g/mol. The van der Waals surface area contributed by atoms with Crippen molar-refractivity contribution >= 4 is 5.91 Å². The average molecular weight is 407 g/mol. The molecule has 1 amide bonds. The Morgan fingerprint density at radius 3 is 2.67 bits per heavy atom. The standard InChI is InChI=1S/C22H21N3O5/c1-28-16-8-6-15(7-9-16)17-10-11-21(26)25(24-17)13-12-23-22(27)20-14-29-18-4-2-3-5-19(18)30-20/h2-11,20H,12-14H2,1H3,(H,23,27). The molecule has 154 valence electrons. The van der Waals surface area contributed by atoms with Gasteiger partial charge in [-0.05, 0) is 42.5 Å². The number of fused-ring (bicyclic) bond motifs is 1. The third kappa shape index (κ3) is 4.27. The van der Waals surface area contributed by atoms with Crippen LogP contribution in [0.25, 0.3) is 11.3 Å². The van der Waals surface area contributed by atoms with Crippen molar-refractivity contribution in [3.63, 3.8) is 0 Å². The molecule has 0 bridgehead atoms. The van der Waals surface area contributed by atoms with Crippen molar-refractivity contribution in [2.45, 2.75) is 12.6 Å². The first kappa shape index (κ1) is 19.5. The molecule has 0 saturated carbocycles. The second-order valence-electron chi connectivity index (χ2n) is 6.66. The number of nitrogens with zero attached hydrogens (tertiary/aromatic N) is 2. The maximum Gasteiger partial charge on any atom is 0.266 e. The summed E-state index contributed by atoms with van der Waals surface area (Å²) in [5, 5.41) is 7.17. The first-order chi connectivity index (χ1) is 14.6. The molecule has 30 heavy (non-hydrogen) atoms. The van der Waals surface area contributed by atoms with Gasteiger partial charge in [0.15, 0.2) is 11.5 Å². The lowest BCUT2D eigenvalue weighted by molar-refractivity contribution is -0.130. The Morgan fingerprint density at radius 2 is 1.90 bits per heavy atom. The smallest absolute Gasteiger partial charge is 0.266 e. The molecular formula is C22H21N3O5. The summed E-state index contributed by atoms with van der Waals surface area (Å²) in [6.07, 6.45) is -0.741. The number of amides is 1. The van der Waals surface area contributed by atoms with Gasteiger partial charge in [-0.2, -0.15) is 5.10 Å². The fraction of sp³-hybridized carbons (Fsp3) is 0.227. The molecule has 2 aromatic carbocycles. The number of methoxy groups -OCH3 is 1. The van der Waals surface area contributed by atoms with Gasteiger partial charge in [0.2, 0.25) is 6.10 Å². The minimum absolute atomic E-state index is 0.133. The summed E-state index contributed by atoms with van der Waals surface area (Å²) >= 11 is 0. The zero-order valence-electron chi connectivity index (χ0n) is 16.4. The number of hydrogen-bond donors (Lipinski definition) is 1. The van der Waals surface area contributed by atoms with Crippen LogP contribution in [0.15, 0.2) is 65.5 Å². The minimum atomic E-state index is -0.741. The average Bonchev–Trinajstić information content (AvgIpc) is 2.80. The number of hydrogen-bond acceptors (Lipinski definition) is 6. The molecule has 1 unspecified atom stereocenters. The van der Waals surface area contributed by atoms with Crippen LogP contribution < -0.4 is 25.1 Å². The van der Waals surface area contributed by atoms with E-state index in [4.69, 9.17) is 14.2 Å². The molecule has 4 rings (SSSR count). The van der Waals surface area contributed by atoms with Crippen LogP contribution in [0.4, 0.5) is 0 Å². The number of ether oxygens (including phenoxy) is 3. The molecule has 8 nitrogen and oxygen atoms in total. The molecule has 2 heterocycles. The van der Waals surface area contributed by atoms with E-state index in [1.807, 2.05) is 36.4 Å². The lowest BCUT2D eigenvalue weighted by Gasteiger charge is -2.25. The van der Waals surface area contributed by atoms with Gasteiger partial charge in [0, 0.05) is 18.2 Å². The van der Waals surface area contributed by atoms with Crippen molar-refractivity contribution in [1.82, 2.24) is 15.1 Å². The zero-order chi connectivity index (χ0) is 20.9. The van der Waals surface area contributed by atoms with Crippen molar-refractivity contribution in [2.24, 2.45) is 0 Å². The van der Waals surface area contributed by atoms with E-state index in [-0.39, 0.29) is 31.2 Å². The van der Waals surface area contributed by atoms with Gasteiger partial charge in [-0.15, -0.1) is 0 Å². The quantitative estimate of drug-likeness (QED) is 0.671. The van der Waals surface area contributed by atoms with Crippen molar-refractivity contribution in [2.75, 3.05) is 20.3 Å². The zero-order valence-corrected chi connectivity index (χ0v) is 16.4. The Labute approximate surface area is 173 Å². The summed E-state index contributed by atoms with van der Waals surface area (Å²) in [6.45, 7) is 0.603. The number of carbonyl (C=O) groups excluding carboxylic acids is 1. The highest BCUT2D eigenvalue weighted by Crippen LogP contribution is 2.30. The van der Waals surface area contributed by atoms with E-state index < -0.39 is 6.10 Å². The summed E-state index contributed by atoms with van der Waals surface area (Å²) in [5.74, 6) is 1.59. The van der Waals surface area contributed by atoms with Crippen molar-refractivity contribution in [1.29, 1.82) is 0 Å². The molecule has 0 aliphatic carbocycles. The molecule has 1 aliphatic rings. The summed E-state index contributed by atoms with van der Waals surface area (Å²) < 4.78 is 17.7. The molecule has 3 aromatic rings. The summed E-state index contributed by atoms with van der Waals surface area (Å²) in [6, 6.07) is 17.7. The van der Waals surface area contributed by atoms with E-state index in [2.05, 4.69) is 10.4 Å². The maximum atomic E-state index is 12.4. The molecule has 1 aromatic heterocycles. The van der Waals surface area contributed by atoms with Gasteiger partial charge in [-0.3, -0.25) is 9.59 Å². The number of benzene rings is 2. The van der Waals surface area contributed by atoms with Crippen LogP contribution in [0.1, 0.15) is 0 Å². The summed E-state index contributed by atoms with van der Waals surface area (Å²) in [5.41, 5.74) is 1.27. The molecule has 0 radical (unpaired) electrons. The Bertz CT molecular complexity index is 1090. The SMILES string of the molecule is COc1ccc(-c2ccc(=O)n(CCNC(=O)C3COc4ccccc4O3)n2)cc1. The maximum absolute atomic E-state index is 12.4. The van der Waals surface area contributed by atoms with E-state index in [0.29, 0.717) is 17.2 Å². The second kappa shape index (κ2) is 8.69. The third-order valence-electron chi connectivity index (χ3n) is 4.68. The lowest BCUT2D eigenvalue weighted by Crippen LogP contribution is -2.45. The van der Waals surface area contributed by atoms with Gasteiger partial charge >= 0.3 is 0 Å². The van der Waals surface area contributed by atoms with Crippen LogP contribution in [0, 0.1) is 0 Å². The lowest BCUT2D eigenvalue weighted by atomic mass is 10.1. The third-order valence-corrected chi connectivity index (χ3v) is 4.68. The minimum Gasteiger partial charge on any atom is -0.497 e. The summed E-state index contributed by atoms with van der Waals surface area (Å²) in [7, 11) is 1.60. The molecule has 0 saturated heterocycles. The van der Waals surface area contributed by atoms with Crippen molar-refractivity contribution in [3.8, 4) is 28.5 Å². The van der Waals surface area contributed by atoms with Gasteiger partial charge in [-0.25, -0.2) is 4.68 Å². The van der Waals surface area contributed by atoms with Crippen LogP contribution in [0.3, 0.4) is 0 Å². The number of aromatic nitrogens is 2. The van der Waals surface area contributed by atoms with Crippen LogP contribution in [-0.2, 0) is 11.3 Å². The number of nitrogens with one attached hydrogen (secondary N) is 1. The van der Waals surface area contributed by atoms with Crippen LogP contribution in [0.2, 0.25) is 0 Å². The van der Waals surface area contributed by atoms with Gasteiger partial charge in [0.25, 0.3) is 11.5 Å². The first-order valence-electron chi connectivity index (χ1n) is 9.53. The van der Waals surface area contributed by atoms with E-state index in [1.54, 1.807) is 25.3 Å². The van der Waals surface area contributed by atoms with Crippen LogP contribution in [-0.4, -0.2) is 42.1 Å². The number of rotatable bonds is 6. The highest BCUT2D eigenvalue weighted by molar-refractivity contribution is 5.81. The molecule has 1 N–H and O–H groups in total. The Morgan fingerprint density at radius 1 is 1.13 bits per heavy atom. The fourth-order valence-corrected chi connectivity index (χ4v) is 3.07. The van der Waals surface area contributed by atoms with E-state index >= 15 is 0 Å². The Kier molecular flexibility index (Phi) is 5.65. The molecule has 1 aliphatic heterocycles. The first-order valence-corrected chi connectivity index (χ1v) is 9.53. The highest BCUT2D eigenvalue weighted by Gasteiger charge is 2.26. The van der Waals surface area contributed by atoms with Crippen LogP contribution in [0.5, 0.6) is 17.2 Å². The largest absolute Gasteiger partial charge is 0.497 e. The van der Waals surface area contributed by atoms with E-state index in [0.717, 1.165) is 11.3 Å². The number of para-hydroxylation sites is 2. The summed E-state index contributed by atoms with van der Waals surface area (Å²) in [4.78, 5) is 24.5. The predicted octanol–water partition coefficient (Wildman–Crippen LogP) is 1.88. The Balaban J connectivity index is 1.37. The Hall–Kier alpha value is -3.81. The van der Waals surface area contributed by atoms with E-state index in [1.165, 1.54) is 10.7 Å². The molecule has 0 fully saturated rings. The van der Waals surface area contributed by atoms with Gasteiger partial charge in [0.05, 0.1) is 19.3 Å². The van der Waals surface area contributed by atoms with Gasteiger partial charge in [0.1, 0.15) is 12.4 Å². The van der Waals surface area contributed by atoms with E-state index in [9.17, 15) is 9.59 Å². The second-order valence-corrected chi connectivity index (χ2v) is 6.66. The number of carbonyl (C=O) groups is 1. The monoisotopic (exact) mass is 407 g/mol. The topological polar surface area (TPSA) is 91.7 Å². The van der Waals surface area contributed by atoms with Gasteiger partial charge < -0.3 is 19.5 Å². The van der Waals surface area contributed by atoms with Gasteiger partial charge in [-0.1, -0.05) is 12.1 Å². The highest BCUT2D eigenvalue weighted by atomic mass is 16.6. The normalized spacial score (nSPS) is 14.8. The molecule has 8 heteroatoms. The molecule has 1 atom stereocenters. The van der Waals surface area contributed by atoms with Crippen molar-refractivity contribution in [3.05, 3.63) is 71.0 Å². The van der Waals surface area contributed by atoms with Crippen LogP contribution >= 0.6 is 0 Å². The fourth-order valence-electron chi connectivity index (χ4n) is 3.07. The predicted molar refractivity (Wildman–Crippen MR) is 110 cm³/mol.